The minimum absolute atomic E-state index is 0.894. The first-order valence-corrected chi connectivity index (χ1v) is 10.1. The highest BCUT2D eigenvalue weighted by Gasteiger charge is 2.06. The van der Waals surface area contributed by atoms with Crippen molar-refractivity contribution in [2.24, 2.45) is 0 Å². The fourth-order valence-corrected chi connectivity index (χ4v) is 4.22. The number of thiazole rings is 1. The van der Waals surface area contributed by atoms with Gasteiger partial charge in [-0.15, -0.1) is 11.3 Å². The number of methoxy groups -OCH3 is 1. The topological polar surface area (TPSA) is 26.0 Å². The molecule has 2 aromatic carbocycles. The molecular formula is C23H23N2OS+. The maximum absolute atomic E-state index is 5.29. The molecule has 136 valence electrons. The van der Waals surface area contributed by atoms with Crippen molar-refractivity contribution in [2.75, 3.05) is 7.11 Å². The number of rotatable bonds is 7. The predicted octanol–water partition coefficient (Wildman–Crippen LogP) is 4.82. The summed E-state index contributed by atoms with van der Waals surface area (Å²) in [4.78, 5) is 4.74. The van der Waals surface area contributed by atoms with Gasteiger partial charge in [0.2, 0.25) is 0 Å². The number of nitrogens with zero attached hydrogens (tertiary/aromatic N) is 2. The fraction of sp³-hybridized carbons (Fsp3) is 0.217. The lowest BCUT2D eigenvalue weighted by molar-refractivity contribution is -0.688. The van der Waals surface area contributed by atoms with Crippen LogP contribution in [0.15, 0.2) is 73.1 Å². The van der Waals surface area contributed by atoms with Crippen LogP contribution in [0.1, 0.15) is 22.6 Å². The normalized spacial score (nSPS) is 11.0. The Labute approximate surface area is 163 Å². The molecular weight excluding hydrogens is 352 g/mol. The van der Waals surface area contributed by atoms with Crippen LogP contribution in [-0.4, -0.2) is 12.1 Å². The van der Waals surface area contributed by atoms with E-state index in [9.17, 15) is 0 Å². The zero-order chi connectivity index (χ0) is 18.5. The largest absolute Gasteiger partial charge is 0.497 e. The molecule has 4 rings (SSSR count). The van der Waals surface area contributed by atoms with Gasteiger partial charge >= 0.3 is 0 Å². The molecule has 2 aromatic heterocycles. The van der Waals surface area contributed by atoms with E-state index in [1.165, 1.54) is 20.8 Å². The summed E-state index contributed by atoms with van der Waals surface area (Å²) in [6.45, 7) is 0.913. The average molecular weight is 376 g/mol. The molecule has 0 amide bonds. The second-order valence-corrected chi connectivity index (χ2v) is 7.77. The number of benzene rings is 2. The minimum atomic E-state index is 0.894. The third-order valence-electron chi connectivity index (χ3n) is 4.66. The summed E-state index contributed by atoms with van der Waals surface area (Å²) in [6, 6.07) is 21.1. The van der Waals surface area contributed by atoms with E-state index in [-0.39, 0.29) is 0 Å². The summed E-state index contributed by atoms with van der Waals surface area (Å²) in [5, 5.41) is 1.20. The third kappa shape index (κ3) is 4.52. The van der Waals surface area contributed by atoms with Crippen molar-refractivity contribution >= 4 is 21.6 Å². The third-order valence-corrected chi connectivity index (χ3v) is 5.74. The predicted molar refractivity (Wildman–Crippen MR) is 110 cm³/mol. The molecule has 0 aliphatic carbocycles. The quantitative estimate of drug-likeness (QED) is 0.433. The maximum atomic E-state index is 5.29. The van der Waals surface area contributed by atoms with Crippen LogP contribution >= 0.6 is 11.3 Å². The van der Waals surface area contributed by atoms with Gasteiger partial charge in [0.25, 0.3) is 0 Å². The molecule has 0 saturated carbocycles. The van der Waals surface area contributed by atoms with E-state index in [1.54, 1.807) is 18.4 Å². The van der Waals surface area contributed by atoms with Gasteiger partial charge in [0.15, 0.2) is 18.9 Å². The van der Waals surface area contributed by atoms with Gasteiger partial charge in [-0.25, -0.2) is 9.55 Å². The molecule has 0 bridgehead atoms. The van der Waals surface area contributed by atoms with Crippen LogP contribution in [0.5, 0.6) is 5.75 Å². The van der Waals surface area contributed by atoms with Crippen LogP contribution in [-0.2, 0) is 19.4 Å². The number of hydrogen-bond donors (Lipinski definition) is 0. The van der Waals surface area contributed by atoms with Crippen LogP contribution < -0.4 is 9.30 Å². The number of aryl methyl sites for hydroxylation is 2. The SMILES string of the molecule is COc1ccc2nc(CCCc3cc[n+](Cc4ccccc4)cc3)sc2c1. The fourth-order valence-electron chi connectivity index (χ4n) is 3.18. The Morgan fingerprint density at radius 1 is 0.926 bits per heavy atom. The molecule has 0 atom stereocenters. The van der Waals surface area contributed by atoms with Crippen molar-refractivity contribution in [3.63, 3.8) is 0 Å². The molecule has 0 radical (unpaired) electrons. The van der Waals surface area contributed by atoms with Gasteiger partial charge < -0.3 is 4.74 Å². The van der Waals surface area contributed by atoms with Gasteiger partial charge in [-0.2, -0.15) is 0 Å². The van der Waals surface area contributed by atoms with E-state index < -0.39 is 0 Å². The molecule has 27 heavy (non-hydrogen) atoms. The number of pyridine rings is 1. The first-order valence-electron chi connectivity index (χ1n) is 9.25. The molecule has 4 heteroatoms. The van der Waals surface area contributed by atoms with Gasteiger partial charge in [0, 0.05) is 17.7 Å². The summed E-state index contributed by atoms with van der Waals surface area (Å²) < 4.78 is 8.72. The van der Waals surface area contributed by atoms with Gasteiger partial charge in [-0.1, -0.05) is 30.3 Å². The van der Waals surface area contributed by atoms with Crippen LogP contribution in [0.3, 0.4) is 0 Å². The van der Waals surface area contributed by atoms with Gasteiger partial charge in [0.1, 0.15) is 5.75 Å². The zero-order valence-corrected chi connectivity index (χ0v) is 16.3. The molecule has 0 N–H and O–H groups in total. The second-order valence-electron chi connectivity index (χ2n) is 6.66. The molecule has 0 spiro atoms. The monoisotopic (exact) mass is 375 g/mol. The van der Waals surface area contributed by atoms with E-state index in [4.69, 9.17) is 9.72 Å². The van der Waals surface area contributed by atoms with Crippen molar-refractivity contribution in [1.29, 1.82) is 0 Å². The first kappa shape index (κ1) is 17.7. The highest BCUT2D eigenvalue weighted by atomic mass is 32.1. The molecule has 0 fully saturated rings. The van der Waals surface area contributed by atoms with Crippen molar-refractivity contribution < 1.29 is 9.30 Å². The van der Waals surface area contributed by atoms with Crippen LogP contribution in [0.2, 0.25) is 0 Å². The Hall–Kier alpha value is -2.72. The van der Waals surface area contributed by atoms with Crippen LogP contribution in [0.4, 0.5) is 0 Å². The average Bonchev–Trinajstić information content (AvgIpc) is 3.12. The van der Waals surface area contributed by atoms with Gasteiger partial charge in [0.05, 0.1) is 22.3 Å². The standard InChI is InChI=1S/C23H23N2OS/c1-26-20-10-11-21-22(16-20)27-23(24-21)9-5-8-18-12-14-25(15-13-18)17-19-6-3-2-4-7-19/h2-4,6-7,10-16H,5,8-9,17H2,1H3/q+1. The number of fused-ring (bicyclic) bond motifs is 1. The van der Waals surface area contributed by atoms with Crippen LogP contribution in [0.25, 0.3) is 10.2 Å². The lowest BCUT2D eigenvalue weighted by atomic mass is 10.1. The van der Waals surface area contributed by atoms with Crippen molar-refractivity contribution in [3.8, 4) is 5.75 Å². The second kappa shape index (κ2) is 8.31. The van der Waals surface area contributed by atoms with E-state index in [0.29, 0.717) is 0 Å². The summed E-state index contributed by atoms with van der Waals surface area (Å²) in [6.07, 6.45) is 7.55. The number of aromatic nitrogens is 2. The van der Waals surface area contributed by atoms with Gasteiger partial charge in [-0.05, 0) is 43.0 Å². The summed E-state index contributed by atoms with van der Waals surface area (Å²) >= 11 is 1.77. The van der Waals surface area contributed by atoms with E-state index in [0.717, 1.165) is 37.1 Å². The van der Waals surface area contributed by atoms with Crippen LogP contribution in [0, 0.1) is 0 Å². The highest BCUT2D eigenvalue weighted by Crippen LogP contribution is 2.27. The van der Waals surface area contributed by atoms with E-state index in [1.807, 2.05) is 12.1 Å². The summed E-state index contributed by atoms with van der Waals surface area (Å²) in [5.74, 6) is 0.894. The molecule has 4 aromatic rings. The Morgan fingerprint density at radius 3 is 2.52 bits per heavy atom. The highest BCUT2D eigenvalue weighted by molar-refractivity contribution is 7.18. The lowest BCUT2D eigenvalue weighted by Crippen LogP contribution is -2.33. The number of ether oxygens (including phenoxy) is 1. The number of hydrogen-bond acceptors (Lipinski definition) is 3. The molecule has 2 heterocycles. The lowest BCUT2D eigenvalue weighted by Gasteiger charge is -2.01. The van der Waals surface area contributed by atoms with Gasteiger partial charge in [-0.3, -0.25) is 0 Å². The smallest absolute Gasteiger partial charge is 0.173 e. The molecule has 3 nitrogen and oxygen atoms in total. The molecule has 0 saturated heterocycles. The van der Waals surface area contributed by atoms with Crippen molar-refractivity contribution in [2.45, 2.75) is 25.8 Å². The first-order chi connectivity index (χ1) is 13.3. The Balaban J connectivity index is 1.32. The summed E-state index contributed by atoms with van der Waals surface area (Å²) in [7, 11) is 1.70. The Bertz CT molecular complexity index is 1010. The van der Waals surface area contributed by atoms with Crippen molar-refractivity contribution in [1.82, 2.24) is 4.98 Å². The molecule has 0 aliphatic heterocycles. The molecule has 0 unspecified atom stereocenters. The maximum Gasteiger partial charge on any atom is 0.173 e. The van der Waals surface area contributed by atoms with E-state index >= 15 is 0 Å². The molecule has 0 aliphatic rings. The Kier molecular flexibility index (Phi) is 5.45. The van der Waals surface area contributed by atoms with Crippen molar-refractivity contribution in [3.05, 3.63) is 89.2 Å². The summed E-state index contributed by atoms with van der Waals surface area (Å²) in [5.41, 5.74) is 3.77. The zero-order valence-electron chi connectivity index (χ0n) is 15.5. The van der Waals surface area contributed by atoms with E-state index in [2.05, 4.69) is 65.5 Å². The Morgan fingerprint density at radius 2 is 1.74 bits per heavy atom. The minimum Gasteiger partial charge on any atom is -0.497 e.